The summed E-state index contributed by atoms with van der Waals surface area (Å²) in [5.74, 6) is 1.56. The molecule has 3 heterocycles. The maximum atomic E-state index is 5.64. The van der Waals surface area contributed by atoms with Gasteiger partial charge < -0.3 is 10.3 Å². The van der Waals surface area contributed by atoms with Gasteiger partial charge in [-0.25, -0.2) is 9.97 Å². The molecule has 0 saturated carbocycles. The number of aryl methyl sites for hydroxylation is 1. The number of nitrogen functional groups attached to an aromatic ring is 1. The molecule has 4 aromatic rings. The second-order valence-corrected chi connectivity index (χ2v) is 8.86. The van der Waals surface area contributed by atoms with E-state index in [0.29, 0.717) is 11.7 Å². The zero-order chi connectivity index (χ0) is 26.2. The minimum absolute atomic E-state index is 0.204. The van der Waals surface area contributed by atoms with Crippen molar-refractivity contribution >= 4 is 21.9 Å². The Morgan fingerprint density at radius 3 is 2.11 bits per heavy atom. The van der Waals surface area contributed by atoms with Gasteiger partial charge in [0.05, 0.1) is 11.1 Å². The summed E-state index contributed by atoms with van der Waals surface area (Å²) < 4.78 is 6.64. The minimum Gasteiger partial charge on any atom is -0.368 e. The molecule has 0 spiro atoms. The summed E-state index contributed by atoms with van der Waals surface area (Å²) >= 11 is 3.57. The van der Waals surface area contributed by atoms with Crippen LogP contribution in [0.25, 0.3) is 22.7 Å². The van der Waals surface area contributed by atoms with E-state index >= 15 is 0 Å². The Labute approximate surface area is 216 Å². The molecule has 7 nitrogen and oxygen atoms in total. The van der Waals surface area contributed by atoms with Gasteiger partial charge in [0.15, 0.2) is 5.82 Å². The molecule has 1 unspecified atom stereocenters. The van der Waals surface area contributed by atoms with Crippen molar-refractivity contribution in [2.24, 2.45) is 5.92 Å². The van der Waals surface area contributed by atoms with Crippen LogP contribution in [0.4, 0.5) is 5.95 Å². The molecule has 1 atom stereocenters. The van der Waals surface area contributed by atoms with Crippen molar-refractivity contribution in [3.05, 3.63) is 70.3 Å². The summed E-state index contributed by atoms with van der Waals surface area (Å²) in [6, 6.07) is 9.98. The molecule has 35 heavy (non-hydrogen) atoms. The monoisotopic (exact) mass is 538 g/mol. The summed E-state index contributed by atoms with van der Waals surface area (Å²) in [4.78, 5) is 17.4. The predicted octanol–water partition coefficient (Wildman–Crippen LogP) is 7.26. The van der Waals surface area contributed by atoms with Crippen LogP contribution in [0.15, 0.2) is 57.9 Å². The first-order valence-electron chi connectivity index (χ1n) is 11.9. The average Bonchev–Trinajstić information content (AvgIpc) is 3.39. The number of hydrogen-bond donors (Lipinski definition) is 1. The molecule has 2 N–H and O–H groups in total. The van der Waals surface area contributed by atoms with Gasteiger partial charge >= 0.3 is 0 Å². The van der Waals surface area contributed by atoms with Crippen molar-refractivity contribution in [1.29, 1.82) is 0 Å². The van der Waals surface area contributed by atoms with E-state index in [2.05, 4.69) is 56.8 Å². The first kappa shape index (κ1) is 28.1. The molecule has 8 heteroatoms. The predicted molar refractivity (Wildman–Crippen MR) is 146 cm³/mol. The van der Waals surface area contributed by atoms with Crippen molar-refractivity contribution in [1.82, 2.24) is 25.1 Å². The van der Waals surface area contributed by atoms with Gasteiger partial charge in [-0.15, -0.1) is 0 Å². The molecule has 4 rings (SSSR count). The van der Waals surface area contributed by atoms with Crippen LogP contribution in [0.2, 0.25) is 0 Å². The highest BCUT2D eigenvalue weighted by Crippen LogP contribution is 2.38. The van der Waals surface area contributed by atoms with Gasteiger partial charge in [0.2, 0.25) is 5.95 Å². The average molecular weight is 540 g/mol. The number of hydrogen-bond acceptors (Lipinski definition) is 7. The molecule has 0 aliphatic heterocycles. The lowest BCUT2D eigenvalue weighted by atomic mass is 9.73. The molecular formula is C27H35BrN6O. The lowest BCUT2D eigenvalue weighted by molar-refractivity contribution is 0.350. The molecular weight excluding hydrogens is 504 g/mol. The number of nitrogens with zero attached hydrogens (tertiary/aromatic N) is 5. The largest absolute Gasteiger partial charge is 0.368 e. The summed E-state index contributed by atoms with van der Waals surface area (Å²) in [7, 11) is 0. The van der Waals surface area contributed by atoms with Crippen LogP contribution in [0.1, 0.15) is 65.4 Å². The lowest BCUT2D eigenvalue weighted by Crippen LogP contribution is -2.31. The first-order chi connectivity index (χ1) is 16.8. The molecule has 0 fully saturated rings. The van der Waals surface area contributed by atoms with Gasteiger partial charge in [-0.3, -0.25) is 4.98 Å². The number of halogens is 1. The smallest absolute Gasteiger partial charge is 0.257 e. The van der Waals surface area contributed by atoms with Crippen LogP contribution in [-0.2, 0) is 5.41 Å². The Bertz CT molecular complexity index is 1210. The molecule has 0 aliphatic rings. The van der Waals surface area contributed by atoms with Crippen LogP contribution in [0.3, 0.4) is 0 Å². The summed E-state index contributed by atoms with van der Waals surface area (Å²) in [5, 5.41) is 4.34. The Morgan fingerprint density at radius 2 is 1.57 bits per heavy atom. The molecule has 0 saturated heterocycles. The lowest BCUT2D eigenvalue weighted by Gasteiger charge is -2.30. The molecule has 0 amide bonds. The van der Waals surface area contributed by atoms with Crippen LogP contribution in [0, 0.1) is 12.8 Å². The van der Waals surface area contributed by atoms with Gasteiger partial charge in [-0.2, -0.15) is 4.98 Å². The van der Waals surface area contributed by atoms with Gasteiger partial charge in [-0.1, -0.05) is 74.8 Å². The number of benzene rings is 1. The number of anilines is 1. The van der Waals surface area contributed by atoms with Gasteiger partial charge in [0.25, 0.3) is 5.89 Å². The van der Waals surface area contributed by atoms with Gasteiger partial charge in [-0.05, 0) is 49.1 Å². The third-order valence-electron chi connectivity index (χ3n) is 5.79. The van der Waals surface area contributed by atoms with Gasteiger partial charge in [0.1, 0.15) is 0 Å². The quantitative estimate of drug-likeness (QED) is 0.285. The highest BCUT2D eigenvalue weighted by atomic mass is 79.9. The maximum Gasteiger partial charge on any atom is 0.257 e. The normalized spacial score (nSPS) is 12.2. The van der Waals surface area contributed by atoms with E-state index in [0.717, 1.165) is 32.4 Å². The van der Waals surface area contributed by atoms with E-state index in [1.807, 2.05) is 71.1 Å². The van der Waals surface area contributed by atoms with E-state index in [9.17, 15) is 0 Å². The summed E-state index contributed by atoms with van der Waals surface area (Å²) in [5.41, 5.74) is 9.69. The SMILES string of the molecule is CC.CC.Cc1ccc(-c2nc(C(C)(c3ccc(-c4cnc(N)nc4)nc3)C(C)C)no2)cc1Br. The second-order valence-electron chi connectivity index (χ2n) is 8.01. The molecule has 0 aliphatic carbocycles. The van der Waals surface area contributed by atoms with E-state index in [1.165, 1.54) is 0 Å². The first-order valence-corrected chi connectivity index (χ1v) is 12.7. The summed E-state index contributed by atoms with van der Waals surface area (Å²) in [6.07, 6.45) is 5.18. The van der Waals surface area contributed by atoms with E-state index in [4.69, 9.17) is 15.2 Å². The Kier molecular flexibility index (Phi) is 10.1. The topological polar surface area (TPSA) is 104 Å². The van der Waals surface area contributed by atoms with E-state index in [1.54, 1.807) is 12.4 Å². The Balaban J connectivity index is 0.00000103. The maximum absolute atomic E-state index is 5.64. The molecule has 0 bridgehead atoms. The third kappa shape index (κ3) is 6.11. The fourth-order valence-electron chi connectivity index (χ4n) is 3.34. The van der Waals surface area contributed by atoms with Crippen LogP contribution in [0.5, 0.6) is 0 Å². The number of nitrogens with two attached hydrogens (primary N) is 1. The summed E-state index contributed by atoms with van der Waals surface area (Å²) in [6.45, 7) is 16.4. The molecule has 3 aromatic heterocycles. The standard InChI is InChI=1S/C23H23BrN6O.2C2H6/c1-13(2)23(4,17-7-8-19(26-12-17)16-10-27-22(25)28-11-16)21-29-20(31-30-21)15-6-5-14(3)18(24)9-15;2*1-2/h5-13H,1-4H3,(H2,25,27,28);2*1-2H3. The Hall–Kier alpha value is -3.13. The van der Waals surface area contributed by atoms with Crippen LogP contribution < -0.4 is 5.73 Å². The van der Waals surface area contributed by atoms with Crippen LogP contribution >= 0.6 is 15.9 Å². The number of aromatic nitrogens is 5. The van der Waals surface area contributed by atoms with Gasteiger partial charge in [0, 0.05) is 34.2 Å². The number of rotatable bonds is 5. The molecule has 186 valence electrons. The molecule has 0 radical (unpaired) electrons. The van der Waals surface area contributed by atoms with Crippen molar-refractivity contribution in [3.8, 4) is 22.7 Å². The second kappa shape index (κ2) is 12.5. The zero-order valence-corrected chi connectivity index (χ0v) is 23.4. The Morgan fingerprint density at radius 1 is 0.914 bits per heavy atom. The minimum atomic E-state index is -0.479. The highest BCUT2D eigenvalue weighted by Gasteiger charge is 2.38. The fourth-order valence-corrected chi connectivity index (χ4v) is 3.72. The van der Waals surface area contributed by atoms with Crippen molar-refractivity contribution in [2.75, 3.05) is 5.73 Å². The highest BCUT2D eigenvalue weighted by molar-refractivity contribution is 9.10. The van der Waals surface area contributed by atoms with Crippen molar-refractivity contribution < 1.29 is 4.52 Å². The zero-order valence-electron chi connectivity index (χ0n) is 21.8. The number of pyridine rings is 1. The van der Waals surface area contributed by atoms with Crippen molar-refractivity contribution in [3.63, 3.8) is 0 Å². The molecule has 1 aromatic carbocycles. The van der Waals surface area contributed by atoms with Crippen LogP contribution in [-0.4, -0.2) is 25.1 Å². The fraction of sp³-hybridized carbons (Fsp3) is 0.370. The van der Waals surface area contributed by atoms with Crippen molar-refractivity contribution in [2.45, 2.75) is 60.8 Å². The third-order valence-corrected chi connectivity index (χ3v) is 6.65. The van der Waals surface area contributed by atoms with E-state index in [-0.39, 0.29) is 11.9 Å². The van der Waals surface area contributed by atoms with E-state index < -0.39 is 5.41 Å².